The number of rotatable bonds is 1. The molecule has 5 heteroatoms. The van der Waals surface area contributed by atoms with E-state index >= 15 is 0 Å². The van der Waals surface area contributed by atoms with Gasteiger partial charge in [0.2, 0.25) is 0 Å². The Balaban J connectivity index is 2.48. The molecule has 0 atom stereocenters. The van der Waals surface area contributed by atoms with E-state index in [0.717, 1.165) is 0 Å². The molecule has 2 rings (SSSR count). The van der Waals surface area contributed by atoms with Gasteiger partial charge in [-0.25, -0.2) is 4.98 Å². The van der Waals surface area contributed by atoms with Crippen molar-refractivity contribution < 1.29 is 14.3 Å². The molecule has 1 aromatic heterocycles. The number of aromatic nitrogens is 1. The van der Waals surface area contributed by atoms with Crippen molar-refractivity contribution in [3.05, 3.63) is 17.8 Å². The van der Waals surface area contributed by atoms with Crippen molar-refractivity contribution in [3.8, 4) is 5.75 Å². The number of carbonyl (C=O) groups is 2. The standard InChI is InChI=1S/C9H8N2O3/c1-11-8(13)5-14-7-2-6(4-12)3-10-9(7)11/h2-4H,5H2,1H3. The highest BCUT2D eigenvalue weighted by Crippen LogP contribution is 2.28. The highest BCUT2D eigenvalue weighted by molar-refractivity contribution is 5.96. The lowest BCUT2D eigenvalue weighted by atomic mass is 10.2. The van der Waals surface area contributed by atoms with Crippen LogP contribution in [0.25, 0.3) is 0 Å². The van der Waals surface area contributed by atoms with Crippen LogP contribution in [0, 0.1) is 0 Å². The molecule has 2 heterocycles. The largest absolute Gasteiger partial charge is 0.480 e. The maximum absolute atomic E-state index is 11.2. The van der Waals surface area contributed by atoms with Crippen LogP contribution in [0.2, 0.25) is 0 Å². The zero-order valence-electron chi connectivity index (χ0n) is 7.56. The molecule has 0 aliphatic carbocycles. The summed E-state index contributed by atoms with van der Waals surface area (Å²) in [4.78, 5) is 27.0. The number of pyridine rings is 1. The molecule has 0 radical (unpaired) electrons. The highest BCUT2D eigenvalue weighted by Gasteiger charge is 2.23. The number of carbonyl (C=O) groups excluding carboxylic acids is 2. The molecular formula is C9H8N2O3. The number of ether oxygens (including phenoxy) is 1. The monoisotopic (exact) mass is 192 g/mol. The molecule has 0 saturated heterocycles. The van der Waals surface area contributed by atoms with Crippen LogP contribution >= 0.6 is 0 Å². The quantitative estimate of drug-likeness (QED) is 0.598. The van der Waals surface area contributed by atoms with Crippen LogP contribution < -0.4 is 9.64 Å². The van der Waals surface area contributed by atoms with Crippen LogP contribution in [0.15, 0.2) is 12.3 Å². The van der Waals surface area contributed by atoms with Gasteiger partial charge in [0.05, 0.1) is 0 Å². The second kappa shape index (κ2) is 3.10. The molecule has 0 N–H and O–H groups in total. The Hall–Kier alpha value is -1.91. The summed E-state index contributed by atoms with van der Waals surface area (Å²) >= 11 is 0. The van der Waals surface area contributed by atoms with Crippen LogP contribution in [0.1, 0.15) is 10.4 Å². The third kappa shape index (κ3) is 1.22. The number of aldehydes is 1. The number of fused-ring (bicyclic) bond motifs is 1. The number of hydrogen-bond donors (Lipinski definition) is 0. The zero-order valence-corrected chi connectivity index (χ0v) is 7.56. The van der Waals surface area contributed by atoms with E-state index in [1.54, 1.807) is 13.1 Å². The third-order valence-corrected chi connectivity index (χ3v) is 2.03. The number of nitrogens with zero attached hydrogens (tertiary/aromatic N) is 2. The fourth-order valence-electron chi connectivity index (χ4n) is 1.23. The van der Waals surface area contributed by atoms with E-state index in [1.165, 1.54) is 11.1 Å². The first-order valence-corrected chi connectivity index (χ1v) is 4.07. The molecule has 1 aromatic rings. The normalized spacial score (nSPS) is 14.6. The van der Waals surface area contributed by atoms with Crippen molar-refractivity contribution >= 4 is 18.0 Å². The van der Waals surface area contributed by atoms with Crippen molar-refractivity contribution in [1.29, 1.82) is 0 Å². The molecule has 1 amide bonds. The smallest absolute Gasteiger partial charge is 0.265 e. The molecule has 1 aliphatic heterocycles. The number of amides is 1. The van der Waals surface area contributed by atoms with Crippen LogP contribution in [-0.4, -0.2) is 30.8 Å². The van der Waals surface area contributed by atoms with E-state index in [2.05, 4.69) is 4.98 Å². The molecule has 1 aliphatic rings. The Morgan fingerprint density at radius 3 is 3.14 bits per heavy atom. The molecule has 0 saturated carbocycles. The van der Waals surface area contributed by atoms with Crippen molar-refractivity contribution in [3.63, 3.8) is 0 Å². The number of anilines is 1. The van der Waals surface area contributed by atoms with Gasteiger partial charge < -0.3 is 4.74 Å². The molecule has 0 aromatic carbocycles. The van der Waals surface area contributed by atoms with Gasteiger partial charge in [-0.3, -0.25) is 14.5 Å². The lowest BCUT2D eigenvalue weighted by Crippen LogP contribution is -2.36. The molecule has 0 spiro atoms. The van der Waals surface area contributed by atoms with Gasteiger partial charge in [-0.1, -0.05) is 0 Å². The highest BCUT2D eigenvalue weighted by atomic mass is 16.5. The van der Waals surface area contributed by atoms with E-state index in [-0.39, 0.29) is 12.5 Å². The van der Waals surface area contributed by atoms with Crippen LogP contribution in [0.5, 0.6) is 5.75 Å². The molecule has 14 heavy (non-hydrogen) atoms. The summed E-state index contributed by atoms with van der Waals surface area (Å²) in [6, 6.07) is 1.57. The lowest BCUT2D eigenvalue weighted by molar-refractivity contribution is -0.121. The maximum atomic E-state index is 11.2. The topological polar surface area (TPSA) is 59.5 Å². The molecular weight excluding hydrogens is 184 g/mol. The number of likely N-dealkylation sites (N-methyl/N-ethyl adjacent to an activating group) is 1. The second-order valence-corrected chi connectivity index (χ2v) is 2.95. The Labute approximate surface area is 80.3 Å². The average molecular weight is 192 g/mol. The fourth-order valence-corrected chi connectivity index (χ4v) is 1.23. The van der Waals surface area contributed by atoms with E-state index < -0.39 is 0 Å². The minimum atomic E-state index is -0.149. The first kappa shape index (κ1) is 8.68. The Morgan fingerprint density at radius 2 is 2.43 bits per heavy atom. The fraction of sp³-hybridized carbons (Fsp3) is 0.222. The molecule has 0 fully saturated rings. The lowest BCUT2D eigenvalue weighted by Gasteiger charge is -2.24. The third-order valence-electron chi connectivity index (χ3n) is 2.03. The zero-order chi connectivity index (χ0) is 10.1. The summed E-state index contributed by atoms with van der Waals surface area (Å²) in [5.74, 6) is 0.771. The van der Waals surface area contributed by atoms with Crippen LogP contribution in [-0.2, 0) is 4.79 Å². The van der Waals surface area contributed by atoms with E-state index in [4.69, 9.17) is 4.74 Å². The summed E-state index contributed by atoms with van der Waals surface area (Å²) in [7, 11) is 1.62. The minimum absolute atomic E-state index is 0.00646. The van der Waals surface area contributed by atoms with Crippen molar-refractivity contribution in [2.75, 3.05) is 18.6 Å². The van der Waals surface area contributed by atoms with Crippen molar-refractivity contribution in [2.24, 2.45) is 0 Å². The van der Waals surface area contributed by atoms with E-state index in [9.17, 15) is 9.59 Å². The van der Waals surface area contributed by atoms with Gasteiger partial charge in [0.15, 0.2) is 24.5 Å². The van der Waals surface area contributed by atoms with Crippen LogP contribution in [0.3, 0.4) is 0 Å². The molecule has 0 unspecified atom stereocenters. The predicted octanol–water partition coefficient (Wildman–Crippen LogP) is 0.249. The summed E-state index contributed by atoms with van der Waals surface area (Å²) < 4.78 is 5.14. The molecule has 72 valence electrons. The van der Waals surface area contributed by atoms with Gasteiger partial charge in [0, 0.05) is 18.8 Å². The summed E-state index contributed by atoms with van der Waals surface area (Å²) in [5, 5.41) is 0. The minimum Gasteiger partial charge on any atom is -0.480 e. The summed E-state index contributed by atoms with van der Waals surface area (Å²) in [6.45, 7) is -0.00646. The van der Waals surface area contributed by atoms with Gasteiger partial charge in [0.1, 0.15) is 0 Å². The average Bonchev–Trinajstić information content (AvgIpc) is 2.23. The van der Waals surface area contributed by atoms with E-state index in [0.29, 0.717) is 23.4 Å². The Bertz CT molecular complexity index is 403. The van der Waals surface area contributed by atoms with E-state index in [1.807, 2.05) is 0 Å². The van der Waals surface area contributed by atoms with Crippen molar-refractivity contribution in [1.82, 2.24) is 4.98 Å². The Kier molecular flexibility index (Phi) is 1.92. The van der Waals surface area contributed by atoms with Gasteiger partial charge in [-0.05, 0) is 6.07 Å². The van der Waals surface area contributed by atoms with Crippen LogP contribution in [0.4, 0.5) is 5.82 Å². The van der Waals surface area contributed by atoms with Gasteiger partial charge >= 0.3 is 0 Å². The maximum Gasteiger partial charge on any atom is 0.265 e. The SMILES string of the molecule is CN1C(=O)COc2cc(C=O)cnc21. The first-order chi connectivity index (χ1) is 6.72. The van der Waals surface area contributed by atoms with Gasteiger partial charge in [-0.2, -0.15) is 0 Å². The molecule has 0 bridgehead atoms. The Morgan fingerprint density at radius 1 is 1.64 bits per heavy atom. The van der Waals surface area contributed by atoms with Gasteiger partial charge in [-0.15, -0.1) is 0 Å². The summed E-state index contributed by atoms with van der Waals surface area (Å²) in [6.07, 6.45) is 2.09. The van der Waals surface area contributed by atoms with Crippen molar-refractivity contribution in [2.45, 2.75) is 0 Å². The molecule has 5 nitrogen and oxygen atoms in total. The number of hydrogen-bond acceptors (Lipinski definition) is 4. The first-order valence-electron chi connectivity index (χ1n) is 4.07. The second-order valence-electron chi connectivity index (χ2n) is 2.95. The van der Waals surface area contributed by atoms with Gasteiger partial charge in [0.25, 0.3) is 5.91 Å². The predicted molar refractivity (Wildman–Crippen MR) is 48.5 cm³/mol. The summed E-state index contributed by atoms with van der Waals surface area (Å²) in [5.41, 5.74) is 0.437.